The smallest absolute Gasteiger partial charge is 0.146 e. The van der Waals surface area contributed by atoms with Crippen LogP contribution in [-0.2, 0) is 22.3 Å². The van der Waals surface area contributed by atoms with Crippen molar-refractivity contribution in [3.63, 3.8) is 0 Å². The average Bonchev–Trinajstić information content (AvgIpc) is 2.62. The molecular weight excluding hydrogens is 332 g/mol. The van der Waals surface area contributed by atoms with Gasteiger partial charge in [0.25, 0.3) is 0 Å². The molecule has 0 bridgehead atoms. The monoisotopic (exact) mass is 352 g/mol. The molecule has 124 valence electrons. The van der Waals surface area contributed by atoms with E-state index in [4.69, 9.17) is 18.6 Å². The van der Waals surface area contributed by atoms with Crippen molar-refractivity contribution in [1.29, 1.82) is 0 Å². The quantitative estimate of drug-likeness (QED) is 0.370. The largest absolute Gasteiger partial charge is 0.355 e. The van der Waals surface area contributed by atoms with Gasteiger partial charge in [0.15, 0.2) is 0 Å². The Labute approximate surface area is 145 Å². The van der Waals surface area contributed by atoms with Gasteiger partial charge in [0, 0.05) is 33.9 Å². The highest BCUT2D eigenvalue weighted by atomic mass is 32.2. The van der Waals surface area contributed by atoms with E-state index in [2.05, 4.69) is 0 Å². The molecule has 0 amide bonds. The summed E-state index contributed by atoms with van der Waals surface area (Å²) in [6, 6.07) is 15.5. The first kappa shape index (κ1) is 18.3. The van der Waals surface area contributed by atoms with Crippen LogP contribution in [0, 0.1) is 0 Å². The molecule has 0 heterocycles. The van der Waals surface area contributed by atoms with Gasteiger partial charge in [0.1, 0.15) is 6.79 Å². The molecule has 2 aromatic rings. The Balaban J connectivity index is 1.53. The Morgan fingerprint density at radius 3 is 1.39 bits per heavy atom. The van der Waals surface area contributed by atoms with Crippen molar-refractivity contribution in [2.75, 3.05) is 20.0 Å². The van der Waals surface area contributed by atoms with E-state index in [1.807, 2.05) is 48.5 Å². The lowest BCUT2D eigenvalue weighted by atomic mass is 10.2. The Bertz CT molecular complexity index is 506. The minimum absolute atomic E-state index is 0.287. The molecule has 0 fully saturated rings. The number of hydrogen-bond acceptors (Lipinski definition) is 6. The van der Waals surface area contributed by atoms with Gasteiger partial charge in [-0.3, -0.25) is 0 Å². The Morgan fingerprint density at radius 1 is 0.652 bits per heavy atom. The molecule has 6 heteroatoms. The topological polar surface area (TPSA) is 58.9 Å². The lowest BCUT2D eigenvalue weighted by Crippen LogP contribution is -2.06. The highest BCUT2D eigenvalue weighted by molar-refractivity contribution is 7.94. The molecule has 23 heavy (non-hydrogen) atoms. The molecule has 4 nitrogen and oxygen atoms in total. The fourth-order valence-corrected chi connectivity index (χ4v) is 2.51. The maximum absolute atomic E-state index is 8.90. The molecule has 0 atom stereocenters. The first-order valence-electron chi connectivity index (χ1n) is 7.28. The highest BCUT2D eigenvalue weighted by Crippen LogP contribution is 2.15. The van der Waals surface area contributed by atoms with Gasteiger partial charge in [-0.15, -0.1) is 0 Å². The summed E-state index contributed by atoms with van der Waals surface area (Å²) in [5, 5.41) is 0. The normalized spacial score (nSPS) is 10.9. The van der Waals surface area contributed by atoms with Gasteiger partial charge >= 0.3 is 0 Å². The van der Waals surface area contributed by atoms with Gasteiger partial charge in [0.2, 0.25) is 0 Å². The third-order valence-electron chi connectivity index (χ3n) is 3.29. The van der Waals surface area contributed by atoms with Crippen LogP contribution in [0.2, 0.25) is 0 Å². The summed E-state index contributed by atoms with van der Waals surface area (Å²) in [5.74, 6) is 0. The molecule has 2 rings (SSSR count). The second-order valence-electron chi connectivity index (χ2n) is 4.90. The lowest BCUT2D eigenvalue weighted by Gasteiger charge is -2.07. The molecule has 0 saturated heterocycles. The van der Waals surface area contributed by atoms with Crippen LogP contribution >= 0.6 is 24.1 Å². The first-order chi connectivity index (χ1) is 11.3. The van der Waals surface area contributed by atoms with Crippen LogP contribution in [0.3, 0.4) is 0 Å². The first-order valence-corrected chi connectivity index (χ1v) is 8.82. The fourth-order valence-electron chi connectivity index (χ4n) is 1.99. The van der Waals surface area contributed by atoms with Gasteiger partial charge in [-0.2, -0.15) is 0 Å². The number of ether oxygens (including phenoxy) is 2. The molecule has 2 N–H and O–H groups in total. The van der Waals surface area contributed by atoms with Crippen LogP contribution in [0.1, 0.15) is 11.1 Å². The van der Waals surface area contributed by atoms with Crippen LogP contribution in [0.25, 0.3) is 0 Å². The Kier molecular flexibility index (Phi) is 8.52. The molecule has 0 radical (unpaired) electrons. The van der Waals surface area contributed by atoms with Crippen molar-refractivity contribution in [3.05, 3.63) is 59.7 Å². The summed E-state index contributed by atoms with van der Waals surface area (Å²) in [6.07, 6.45) is 1.64. The fraction of sp³-hybridized carbons (Fsp3) is 0.294. The second-order valence-corrected chi connectivity index (χ2v) is 6.21. The predicted molar refractivity (Wildman–Crippen MR) is 94.0 cm³/mol. The number of hydrogen-bond donors (Lipinski definition) is 2. The number of rotatable bonds is 10. The molecule has 0 aliphatic rings. The van der Waals surface area contributed by atoms with E-state index in [0.29, 0.717) is 13.2 Å². The SMILES string of the molecule is OSc1ccc(CCOCOCCc2ccc(SO)cc2)cc1. The highest BCUT2D eigenvalue weighted by Gasteiger charge is 1.97. The van der Waals surface area contributed by atoms with Crippen molar-refractivity contribution in [3.8, 4) is 0 Å². The third-order valence-corrected chi connectivity index (χ3v) is 4.26. The van der Waals surface area contributed by atoms with Gasteiger partial charge in [0.05, 0.1) is 13.2 Å². The van der Waals surface area contributed by atoms with Gasteiger partial charge in [-0.25, -0.2) is 0 Å². The van der Waals surface area contributed by atoms with E-state index in [9.17, 15) is 0 Å². The summed E-state index contributed by atoms with van der Waals surface area (Å²) in [7, 11) is 0. The standard InChI is InChI=1S/C17H20O4S2/c18-22-16-5-1-14(2-6-16)9-11-20-13-21-12-10-15-3-7-17(23-19)8-4-15/h1-8,18-19H,9-13H2. The predicted octanol–water partition coefficient (Wildman–Crippen LogP) is 4.59. The zero-order valence-corrected chi connectivity index (χ0v) is 14.3. The Morgan fingerprint density at radius 2 is 1.04 bits per heavy atom. The third kappa shape index (κ3) is 6.95. The van der Waals surface area contributed by atoms with E-state index in [1.165, 1.54) is 11.1 Å². The minimum atomic E-state index is 0.287. The summed E-state index contributed by atoms with van der Waals surface area (Å²) in [6.45, 7) is 1.50. The summed E-state index contributed by atoms with van der Waals surface area (Å²) < 4.78 is 28.7. The van der Waals surface area contributed by atoms with Gasteiger partial charge in [-0.1, -0.05) is 24.3 Å². The van der Waals surface area contributed by atoms with E-state index >= 15 is 0 Å². The lowest BCUT2D eigenvalue weighted by molar-refractivity contribution is -0.0516. The van der Waals surface area contributed by atoms with Crippen LogP contribution in [0.15, 0.2) is 58.3 Å². The van der Waals surface area contributed by atoms with E-state index in [0.717, 1.165) is 46.7 Å². The molecular formula is C17H20O4S2. The van der Waals surface area contributed by atoms with Crippen molar-refractivity contribution in [2.45, 2.75) is 22.6 Å². The maximum atomic E-state index is 8.90. The van der Waals surface area contributed by atoms with E-state index in [-0.39, 0.29) is 6.79 Å². The van der Waals surface area contributed by atoms with Crippen molar-refractivity contribution in [2.24, 2.45) is 0 Å². The average molecular weight is 352 g/mol. The molecule has 0 aliphatic carbocycles. The molecule has 0 saturated carbocycles. The zero-order chi connectivity index (χ0) is 16.3. The van der Waals surface area contributed by atoms with Crippen molar-refractivity contribution < 1.29 is 18.6 Å². The van der Waals surface area contributed by atoms with Crippen LogP contribution in [-0.4, -0.2) is 29.1 Å². The van der Waals surface area contributed by atoms with Crippen molar-refractivity contribution in [1.82, 2.24) is 0 Å². The Hall–Kier alpha value is -1.02. The van der Waals surface area contributed by atoms with Crippen molar-refractivity contribution >= 4 is 24.1 Å². The summed E-state index contributed by atoms with van der Waals surface area (Å²) in [4.78, 5) is 1.67. The molecule has 0 aliphatic heterocycles. The van der Waals surface area contributed by atoms with Gasteiger partial charge in [-0.05, 0) is 48.2 Å². The zero-order valence-electron chi connectivity index (χ0n) is 12.7. The molecule has 0 spiro atoms. The second kappa shape index (κ2) is 10.7. The maximum Gasteiger partial charge on any atom is 0.146 e. The van der Waals surface area contributed by atoms with Crippen LogP contribution < -0.4 is 0 Å². The van der Waals surface area contributed by atoms with Crippen LogP contribution in [0.5, 0.6) is 0 Å². The molecule has 0 unspecified atom stereocenters. The van der Waals surface area contributed by atoms with E-state index < -0.39 is 0 Å². The minimum Gasteiger partial charge on any atom is -0.355 e. The summed E-state index contributed by atoms with van der Waals surface area (Å²) >= 11 is 1.50. The molecule has 0 aromatic heterocycles. The van der Waals surface area contributed by atoms with E-state index in [1.54, 1.807) is 0 Å². The van der Waals surface area contributed by atoms with Gasteiger partial charge < -0.3 is 18.6 Å². The molecule has 2 aromatic carbocycles. The number of benzene rings is 2. The van der Waals surface area contributed by atoms with Crippen LogP contribution in [0.4, 0.5) is 0 Å². The summed E-state index contributed by atoms with van der Waals surface area (Å²) in [5.41, 5.74) is 2.34.